The molecule has 0 spiro atoms. The summed E-state index contributed by atoms with van der Waals surface area (Å²) in [5, 5.41) is 86.9. The van der Waals surface area contributed by atoms with Gasteiger partial charge in [0, 0.05) is 6.42 Å². The lowest BCUT2D eigenvalue weighted by atomic mass is 9.97. The molecule has 14 nitrogen and oxygen atoms in total. The van der Waals surface area contributed by atoms with Gasteiger partial charge in [0.05, 0.1) is 32.0 Å². The van der Waals surface area contributed by atoms with Crippen molar-refractivity contribution in [3.05, 3.63) is 12.2 Å². The van der Waals surface area contributed by atoms with Crippen LogP contribution in [-0.2, 0) is 23.7 Å². The van der Waals surface area contributed by atoms with Crippen molar-refractivity contribution in [1.29, 1.82) is 0 Å². The summed E-state index contributed by atoms with van der Waals surface area (Å²) in [6.45, 7) is 2.79. The van der Waals surface area contributed by atoms with Crippen molar-refractivity contribution < 1.29 is 64.6 Å². The zero-order valence-corrected chi connectivity index (χ0v) is 41.5. The van der Waals surface area contributed by atoms with Crippen LogP contribution in [0.15, 0.2) is 12.2 Å². The fraction of sp³-hybridized carbons (Fsp3) is 0.942. The lowest BCUT2D eigenvalue weighted by Gasteiger charge is -2.46. The SMILES string of the molecule is CCC/C=C\CCCCCCCC(=O)NC(COC1OC(CO)C(OC2OC(CO)C(O)C(O)C2O)C(O)C1O)C(O)CCCCCCCCCCCCCCCCCCCCCCCC. The van der Waals surface area contributed by atoms with E-state index in [2.05, 4.69) is 31.3 Å². The first-order valence-electron chi connectivity index (χ1n) is 26.9. The molecule has 0 bridgehead atoms. The number of hydrogen-bond acceptors (Lipinski definition) is 13. The number of ether oxygens (including phenoxy) is 4. The molecule has 9 N–H and O–H groups in total. The fourth-order valence-corrected chi connectivity index (χ4v) is 9.06. The molecule has 0 saturated carbocycles. The number of rotatable bonds is 42. The third-order valence-corrected chi connectivity index (χ3v) is 13.5. The first-order valence-corrected chi connectivity index (χ1v) is 26.9. The average Bonchev–Trinajstić information content (AvgIpc) is 3.31. The van der Waals surface area contributed by atoms with Crippen molar-refractivity contribution in [2.45, 2.75) is 293 Å². The lowest BCUT2D eigenvalue weighted by Crippen LogP contribution is -2.65. The van der Waals surface area contributed by atoms with E-state index < -0.39 is 86.8 Å². The quantitative estimate of drug-likeness (QED) is 0.0213. The minimum Gasteiger partial charge on any atom is -0.394 e. The Kier molecular flexibility index (Phi) is 36.4. The predicted octanol–water partition coefficient (Wildman–Crippen LogP) is 7.55. The highest BCUT2D eigenvalue weighted by Gasteiger charge is 2.51. The van der Waals surface area contributed by atoms with Gasteiger partial charge in [-0.1, -0.05) is 193 Å². The van der Waals surface area contributed by atoms with Crippen LogP contribution in [0.3, 0.4) is 0 Å². The summed E-state index contributed by atoms with van der Waals surface area (Å²) < 4.78 is 22.7. The third kappa shape index (κ3) is 26.1. The van der Waals surface area contributed by atoms with E-state index in [0.29, 0.717) is 19.3 Å². The van der Waals surface area contributed by atoms with E-state index in [4.69, 9.17) is 18.9 Å². The zero-order chi connectivity index (χ0) is 48.2. The summed E-state index contributed by atoms with van der Waals surface area (Å²) >= 11 is 0. The monoisotopic (exact) mass is 946 g/mol. The van der Waals surface area contributed by atoms with Crippen molar-refractivity contribution >= 4 is 5.91 Å². The summed E-state index contributed by atoms with van der Waals surface area (Å²) in [7, 11) is 0. The van der Waals surface area contributed by atoms with Gasteiger partial charge in [-0.2, -0.15) is 0 Å². The molecular formula is C52H99NO13. The number of amides is 1. The summed E-state index contributed by atoms with van der Waals surface area (Å²) in [6.07, 6.45) is 25.2. The maximum Gasteiger partial charge on any atom is 0.220 e. The highest BCUT2D eigenvalue weighted by atomic mass is 16.7. The van der Waals surface area contributed by atoms with Crippen LogP contribution in [0.4, 0.5) is 0 Å². The van der Waals surface area contributed by atoms with E-state index >= 15 is 0 Å². The number of allylic oxidation sites excluding steroid dienone is 2. The molecule has 0 radical (unpaired) electrons. The molecule has 390 valence electrons. The second kappa shape index (κ2) is 39.5. The molecule has 66 heavy (non-hydrogen) atoms. The van der Waals surface area contributed by atoms with Gasteiger partial charge in [-0.15, -0.1) is 0 Å². The molecule has 2 aliphatic heterocycles. The van der Waals surface area contributed by atoms with Gasteiger partial charge in [-0.05, 0) is 32.1 Å². The number of aliphatic hydroxyl groups excluding tert-OH is 8. The van der Waals surface area contributed by atoms with Gasteiger partial charge in [-0.25, -0.2) is 0 Å². The van der Waals surface area contributed by atoms with Crippen molar-refractivity contribution in [3.8, 4) is 0 Å². The molecular weight excluding hydrogens is 847 g/mol. The molecule has 2 saturated heterocycles. The van der Waals surface area contributed by atoms with Gasteiger partial charge >= 0.3 is 0 Å². The van der Waals surface area contributed by atoms with E-state index in [1.165, 1.54) is 116 Å². The first-order chi connectivity index (χ1) is 32.1. The summed E-state index contributed by atoms with van der Waals surface area (Å²) in [6, 6.07) is -0.828. The van der Waals surface area contributed by atoms with E-state index in [0.717, 1.165) is 70.6 Å². The predicted molar refractivity (Wildman–Crippen MR) is 259 cm³/mol. The molecule has 0 aromatic rings. The summed E-state index contributed by atoms with van der Waals surface area (Å²) in [5.74, 6) is -0.217. The highest BCUT2D eigenvalue weighted by molar-refractivity contribution is 5.76. The van der Waals surface area contributed by atoms with Crippen LogP contribution in [0.2, 0.25) is 0 Å². The Bertz CT molecular complexity index is 1160. The van der Waals surface area contributed by atoms with E-state index in [1.807, 2.05) is 0 Å². The van der Waals surface area contributed by atoms with Gasteiger partial charge in [-0.3, -0.25) is 4.79 Å². The van der Waals surface area contributed by atoms with Gasteiger partial charge in [0.2, 0.25) is 5.91 Å². The zero-order valence-electron chi connectivity index (χ0n) is 41.5. The molecule has 0 aliphatic carbocycles. The summed E-state index contributed by atoms with van der Waals surface area (Å²) in [4.78, 5) is 13.1. The lowest BCUT2D eigenvalue weighted by molar-refractivity contribution is -0.359. The van der Waals surface area contributed by atoms with Gasteiger partial charge in [0.1, 0.15) is 48.8 Å². The van der Waals surface area contributed by atoms with Gasteiger partial charge in [0.15, 0.2) is 12.6 Å². The number of carbonyl (C=O) groups excluding carboxylic acids is 1. The summed E-state index contributed by atoms with van der Waals surface area (Å²) in [5.41, 5.74) is 0. The Morgan fingerprint density at radius 3 is 1.50 bits per heavy atom. The molecule has 12 unspecified atom stereocenters. The maximum absolute atomic E-state index is 13.1. The highest BCUT2D eigenvalue weighted by Crippen LogP contribution is 2.30. The van der Waals surface area contributed by atoms with Crippen LogP contribution in [0.25, 0.3) is 0 Å². The van der Waals surface area contributed by atoms with E-state index in [9.17, 15) is 45.6 Å². The standard InChI is InChI=1S/C52H99NO13/c1-3-5-7-9-11-13-15-16-17-18-19-20-21-22-23-24-25-26-27-29-31-33-35-41(56)40(53-44(57)36-34-32-30-28-14-12-10-8-6-4-2)39-63-51-49(62)47(60)50(43(38-55)65-51)66-52-48(61)46(59)45(58)42(37-54)64-52/h8,10,40-43,45-52,54-56,58-62H,3-7,9,11-39H2,1-2H3,(H,53,57)/b10-8-. The topological polar surface area (TPSA) is 228 Å². The second-order valence-corrected chi connectivity index (χ2v) is 19.4. The van der Waals surface area contributed by atoms with Crippen molar-refractivity contribution in [2.75, 3.05) is 19.8 Å². The van der Waals surface area contributed by atoms with Crippen LogP contribution in [0.1, 0.15) is 219 Å². The van der Waals surface area contributed by atoms with Crippen LogP contribution >= 0.6 is 0 Å². The molecule has 1 amide bonds. The minimum absolute atomic E-state index is 0.217. The molecule has 12 atom stereocenters. The van der Waals surface area contributed by atoms with Crippen LogP contribution in [0, 0.1) is 0 Å². The van der Waals surface area contributed by atoms with Crippen LogP contribution in [0.5, 0.6) is 0 Å². The fourth-order valence-electron chi connectivity index (χ4n) is 9.06. The largest absolute Gasteiger partial charge is 0.394 e. The Morgan fingerprint density at radius 2 is 0.985 bits per heavy atom. The normalized spacial score (nSPS) is 26.8. The number of hydrogen-bond donors (Lipinski definition) is 9. The van der Waals surface area contributed by atoms with Crippen molar-refractivity contribution in [3.63, 3.8) is 0 Å². The number of aliphatic hydroxyl groups is 8. The molecule has 2 rings (SSSR count). The van der Waals surface area contributed by atoms with Crippen LogP contribution < -0.4 is 5.32 Å². The van der Waals surface area contributed by atoms with E-state index in [-0.39, 0.29) is 12.5 Å². The molecule has 2 aliphatic rings. The molecule has 14 heteroatoms. The third-order valence-electron chi connectivity index (χ3n) is 13.5. The van der Waals surface area contributed by atoms with E-state index in [1.54, 1.807) is 0 Å². The first kappa shape index (κ1) is 60.9. The Labute approximate surface area is 399 Å². The van der Waals surface area contributed by atoms with Crippen molar-refractivity contribution in [2.24, 2.45) is 0 Å². The van der Waals surface area contributed by atoms with Gasteiger partial charge in [0.25, 0.3) is 0 Å². The number of unbranched alkanes of at least 4 members (excludes halogenated alkanes) is 27. The molecule has 2 heterocycles. The van der Waals surface area contributed by atoms with Crippen molar-refractivity contribution in [1.82, 2.24) is 5.32 Å². The molecule has 0 aromatic carbocycles. The Hall–Kier alpha value is -1.27. The maximum atomic E-state index is 13.1. The minimum atomic E-state index is -1.78. The molecule has 0 aromatic heterocycles. The van der Waals surface area contributed by atoms with Gasteiger partial charge < -0.3 is 65.1 Å². The smallest absolute Gasteiger partial charge is 0.220 e. The second-order valence-electron chi connectivity index (χ2n) is 19.4. The Balaban J connectivity index is 1.75. The average molecular weight is 946 g/mol. The van der Waals surface area contributed by atoms with Crippen LogP contribution in [-0.4, -0.2) is 140 Å². The Morgan fingerprint density at radius 1 is 0.530 bits per heavy atom. The number of carbonyl (C=O) groups is 1. The molecule has 2 fully saturated rings. The number of nitrogens with one attached hydrogen (secondary N) is 1.